The predicted octanol–water partition coefficient (Wildman–Crippen LogP) is 5.01. The molecular formula is C18H23NO. The zero-order valence-electron chi connectivity index (χ0n) is 12.5. The molecule has 0 unspecified atom stereocenters. The zero-order valence-corrected chi connectivity index (χ0v) is 12.5. The van der Waals surface area contributed by atoms with Crippen LogP contribution >= 0.6 is 0 Å². The van der Waals surface area contributed by atoms with Crippen LogP contribution in [0, 0.1) is 0 Å². The lowest BCUT2D eigenvalue weighted by Crippen LogP contribution is -2.09. The van der Waals surface area contributed by atoms with Gasteiger partial charge in [-0.05, 0) is 36.1 Å². The molecule has 0 fully saturated rings. The van der Waals surface area contributed by atoms with Gasteiger partial charge in [-0.3, -0.25) is 0 Å². The van der Waals surface area contributed by atoms with E-state index < -0.39 is 0 Å². The van der Waals surface area contributed by atoms with Gasteiger partial charge < -0.3 is 10.5 Å². The number of ether oxygens (including phenoxy) is 1. The standard InChI is InChI=1S/C18H23NO/c1-4-17(19)16-7-5-6-8-18(16)20-15-11-9-14(10-12-15)13(2)3/h5-13,17H,4,19H2,1-3H3/t17-/m0/s1. The quantitative estimate of drug-likeness (QED) is 0.827. The van der Waals surface area contributed by atoms with Crippen molar-refractivity contribution >= 4 is 0 Å². The van der Waals surface area contributed by atoms with E-state index in [0.29, 0.717) is 5.92 Å². The Hall–Kier alpha value is -1.80. The maximum absolute atomic E-state index is 6.13. The minimum absolute atomic E-state index is 0.0149. The Labute approximate surface area is 121 Å². The summed E-state index contributed by atoms with van der Waals surface area (Å²) in [6.07, 6.45) is 0.895. The van der Waals surface area contributed by atoms with Crippen LogP contribution in [0.5, 0.6) is 11.5 Å². The van der Waals surface area contributed by atoms with Crippen LogP contribution in [0.1, 0.15) is 50.3 Å². The molecule has 0 aromatic heterocycles. The molecule has 0 saturated heterocycles. The van der Waals surface area contributed by atoms with Crippen molar-refractivity contribution in [2.75, 3.05) is 0 Å². The maximum atomic E-state index is 6.13. The van der Waals surface area contributed by atoms with Crippen molar-refractivity contribution in [2.24, 2.45) is 5.73 Å². The molecule has 2 nitrogen and oxygen atoms in total. The average molecular weight is 269 g/mol. The van der Waals surface area contributed by atoms with Gasteiger partial charge in [-0.2, -0.15) is 0 Å². The molecule has 0 amide bonds. The molecule has 106 valence electrons. The molecule has 0 radical (unpaired) electrons. The third-order valence-electron chi connectivity index (χ3n) is 3.53. The van der Waals surface area contributed by atoms with E-state index in [1.54, 1.807) is 0 Å². The van der Waals surface area contributed by atoms with Gasteiger partial charge in [-0.15, -0.1) is 0 Å². The third-order valence-corrected chi connectivity index (χ3v) is 3.53. The second-order valence-corrected chi connectivity index (χ2v) is 5.38. The van der Waals surface area contributed by atoms with Crippen LogP contribution in [0.25, 0.3) is 0 Å². The number of hydrogen-bond donors (Lipinski definition) is 1. The number of nitrogens with two attached hydrogens (primary N) is 1. The van der Waals surface area contributed by atoms with Crippen molar-refractivity contribution in [1.29, 1.82) is 0 Å². The molecule has 0 aliphatic carbocycles. The Morgan fingerprint density at radius 3 is 2.25 bits per heavy atom. The summed E-state index contributed by atoms with van der Waals surface area (Å²) in [4.78, 5) is 0. The lowest BCUT2D eigenvalue weighted by molar-refractivity contribution is 0.468. The first-order valence-corrected chi connectivity index (χ1v) is 7.24. The van der Waals surface area contributed by atoms with Gasteiger partial charge in [0, 0.05) is 11.6 Å². The van der Waals surface area contributed by atoms with Gasteiger partial charge in [0.2, 0.25) is 0 Å². The topological polar surface area (TPSA) is 35.2 Å². The highest BCUT2D eigenvalue weighted by Gasteiger charge is 2.10. The van der Waals surface area contributed by atoms with Crippen molar-refractivity contribution in [1.82, 2.24) is 0 Å². The highest BCUT2D eigenvalue weighted by Crippen LogP contribution is 2.30. The minimum atomic E-state index is 0.0149. The van der Waals surface area contributed by atoms with E-state index in [-0.39, 0.29) is 6.04 Å². The molecule has 1 atom stereocenters. The highest BCUT2D eigenvalue weighted by atomic mass is 16.5. The molecule has 2 aromatic rings. The Morgan fingerprint density at radius 2 is 1.65 bits per heavy atom. The smallest absolute Gasteiger partial charge is 0.132 e. The van der Waals surface area contributed by atoms with E-state index in [4.69, 9.17) is 10.5 Å². The third kappa shape index (κ3) is 3.40. The van der Waals surface area contributed by atoms with E-state index >= 15 is 0 Å². The fraction of sp³-hybridized carbons (Fsp3) is 0.333. The van der Waals surface area contributed by atoms with Gasteiger partial charge in [0.1, 0.15) is 11.5 Å². The first kappa shape index (κ1) is 14.6. The Kier molecular flexibility index (Phi) is 4.80. The molecule has 2 N–H and O–H groups in total. The fourth-order valence-electron chi connectivity index (χ4n) is 2.15. The van der Waals surface area contributed by atoms with Crippen LogP contribution in [0.2, 0.25) is 0 Å². The normalized spacial score (nSPS) is 12.4. The average Bonchev–Trinajstić information content (AvgIpc) is 2.47. The van der Waals surface area contributed by atoms with Crippen molar-refractivity contribution < 1.29 is 4.74 Å². The van der Waals surface area contributed by atoms with Gasteiger partial charge in [-0.1, -0.05) is 51.1 Å². The highest BCUT2D eigenvalue weighted by molar-refractivity contribution is 5.40. The summed E-state index contributed by atoms with van der Waals surface area (Å²) in [5.74, 6) is 2.23. The van der Waals surface area contributed by atoms with Crippen LogP contribution < -0.4 is 10.5 Å². The van der Waals surface area contributed by atoms with Crippen LogP contribution in [0.3, 0.4) is 0 Å². The number of hydrogen-bond acceptors (Lipinski definition) is 2. The van der Waals surface area contributed by atoms with Crippen LogP contribution in [0.4, 0.5) is 0 Å². The van der Waals surface area contributed by atoms with Gasteiger partial charge in [0.25, 0.3) is 0 Å². The lowest BCUT2D eigenvalue weighted by atomic mass is 10.0. The molecule has 2 heteroatoms. The second kappa shape index (κ2) is 6.58. The Morgan fingerprint density at radius 1 is 1.00 bits per heavy atom. The van der Waals surface area contributed by atoms with E-state index in [1.807, 2.05) is 36.4 Å². The molecule has 0 heterocycles. The molecule has 20 heavy (non-hydrogen) atoms. The summed E-state index contributed by atoms with van der Waals surface area (Å²) in [7, 11) is 0. The van der Waals surface area contributed by atoms with Crippen LogP contribution in [-0.4, -0.2) is 0 Å². The lowest BCUT2D eigenvalue weighted by Gasteiger charge is -2.15. The molecule has 0 bridgehead atoms. The summed E-state index contributed by atoms with van der Waals surface area (Å²) in [5, 5.41) is 0. The summed E-state index contributed by atoms with van der Waals surface area (Å²) < 4.78 is 5.99. The molecule has 0 saturated carbocycles. The molecular weight excluding hydrogens is 246 g/mol. The van der Waals surface area contributed by atoms with Crippen molar-refractivity contribution in [3.63, 3.8) is 0 Å². The SMILES string of the molecule is CC[C@H](N)c1ccccc1Oc1ccc(C(C)C)cc1. The number of benzene rings is 2. The molecule has 0 aliphatic heterocycles. The van der Waals surface area contributed by atoms with E-state index in [0.717, 1.165) is 23.5 Å². The number of rotatable bonds is 5. The Balaban J connectivity index is 2.21. The fourth-order valence-corrected chi connectivity index (χ4v) is 2.15. The maximum Gasteiger partial charge on any atom is 0.132 e. The van der Waals surface area contributed by atoms with Gasteiger partial charge in [-0.25, -0.2) is 0 Å². The Bertz CT molecular complexity index is 546. The van der Waals surface area contributed by atoms with E-state index in [9.17, 15) is 0 Å². The van der Waals surface area contributed by atoms with Crippen LogP contribution in [-0.2, 0) is 0 Å². The summed E-state index contributed by atoms with van der Waals surface area (Å²) in [6, 6.07) is 16.3. The van der Waals surface area contributed by atoms with Crippen molar-refractivity contribution in [2.45, 2.75) is 39.2 Å². The molecule has 0 aliphatic rings. The largest absolute Gasteiger partial charge is 0.457 e. The minimum Gasteiger partial charge on any atom is -0.457 e. The van der Waals surface area contributed by atoms with Crippen LogP contribution in [0.15, 0.2) is 48.5 Å². The first-order chi connectivity index (χ1) is 9.61. The predicted molar refractivity (Wildman–Crippen MR) is 84.3 cm³/mol. The molecule has 0 spiro atoms. The first-order valence-electron chi connectivity index (χ1n) is 7.24. The summed E-state index contributed by atoms with van der Waals surface area (Å²) >= 11 is 0. The molecule has 2 aromatic carbocycles. The monoisotopic (exact) mass is 269 g/mol. The van der Waals surface area contributed by atoms with Gasteiger partial charge in [0.05, 0.1) is 0 Å². The second-order valence-electron chi connectivity index (χ2n) is 5.38. The van der Waals surface area contributed by atoms with E-state index in [1.165, 1.54) is 5.56 Å². The van der Waals surface area contributed by atoms with Gasteiger partial charge in [0.15, 0.2) is 0 Å². The summed E-state index contributed by atoms with van der Waals surface area (Å²) in [6.45, 7) is 6.45. The van der Waals surface area contributed by atoms with Crippen molar-refractivity contribution in [3.8, 4) is 11.5 Å². The summed E-state index contributed by atoms with van der Waals surface area (Å²) in [5.41, 5.74) is 8.51. The molecule has 2 rings (SSSR count). The zero-order chi connectivity index (χ0) is 14.5. The van der Waals surface area contributed by atoms with Crippen molar-refractivity contribution in [3.05, 3.63) is 59.7 Å². The van der Waals surface area contributed by atoms with E-state index in [2.05, 4.69) is 32.9 Å². The van der Waals surface area contributed by atoms with Gasteiger partial charge >= 0.3 is 0 Å². The number of para-hydroxylation sites is 1.